The lowest BCUT2D eigenvalue weighted by Crippen LogP contribution is -2.36. The van der Waals surface area contributed by atoms with E-state index in [4.69, 9.17) is 0 Å². The van der Waals surface area contributed by atoms with E-state index in [-0.39, 0.29) is 10.6 Å². The summed E-state index contributed by atoms with van der Waals surface area (Å²) < 4.78 is 43.5. The third-order valence-electron chi connectivity index (χ3n) is 2.66. The fourth-order valence-corrected chi connectivity index (χ4v) is 2.94. The number of rotatable bonds is 5. The third kappa shape index (κ3) is 3.19. The molecule has 1 aromatic heterocycles. The SMILES string of the molecule is COC(=O)CN(c1cccc(F)c1)S(=O)(=O)c1cn[nH]c1. The van der Waals surface area contributed by atoms with Crippen LogP contribution in [0.2, 0.25) is 0 Å². The molecule has 1 aromatic carbocycles. The highest BCUT2D eigenvalue weighted by molar-refractivity contribution is 7.92. The van der Waals surface area contributed by atoms with Crippen LogP contribution in [-0.4, -0.2) is 38.2 Å². The Morgan fingerprint density at radius 1 is 1.48 bits per heavy atom. The molecular weight excluding hydrogens is 301 g/mol. The van der Waals surface area contributed by atoms with E-state index in [1.807, 2.05) is 0 Å². The van der Waals surface area contributed by atoms with Crippen molar-refractivity contribution in [2.24, 2.45) is 0 Å². The number of aromatic nitrogens is 2. The number of anilines is 1. The standard InChI is InChI=1S/C12H12FN3O4S/c1-20-12(17)8-16(10-4-2-3-9(13)5-10)21(18,19)11-6-14-15-7-11/h2-7H,8H2,1H3,(H,14,15). The molecule has 9 heteroatoms. The van der Waals surface area contributed by atoms with Gasteiger partial charge in [-0.15, -0.1) is 0 Å². The molecule has 0 fully saturated rings. The molecule has 0 atom stereocenters. The van der Waals surface area contributed by atoms with Crippen LogP contribution in [0.5, 0.6) is 0 Å². The molecule has 0 aliphatic rings. The Balaban J connectivity index is 2.49. The van der Waals surface area contributed by atoms with E-state index in [0.29, 0.717) is 0 Å². The Hall–Kier alpha value is -2.42. The normalized spacial score (nSPS) is 11.1. The monoisotopic (exact) mass is 313 g/mol. The minimum atomic E-state index is -4.06. The molecule has 0 bridgehead atoms. The van der Waals surface area contributed by atoms with Gasteiger partial charge in [-0.2, -0.15) is 5.10 Å². The number of halogens is 1. The summed E-state index contributed by atoms with van der Waals surface area (Å²) >= 11 is 0. The molecule has 0 aliphatic heterocycles. The van der Waals surface area contributed by atoms with Crippen molar-refractivity contribution >= 4 is 21.7 Å². The summed E-state index contributed by atoms with van der Waals surface area (Å²) in [5.41, 5.74) is 0.0154. The number of esters is 1. The lowest BCUT2D eigenvalue weighted by atomic mass is 10.3. The highest BCUT2D eigenvalue weighted by atomic mass is 32.2. The van der Waals surface area contributed by atoms with Crippen molar-refractivity contribution in [1.29, 1.82) is 0 Å². The zero-order chi connectivity index (χ0) is 15.5. The molecular formula is C12H12FN3O4S. The van der Waals surface area contributed by atoms with Crippen molar-refractivity contribution in [2.75, 3.05) is 18.0 Å². The van der Waals surface area contributed by atoms with Crippen LogP contribution in [-0.2, 0) is 19.6 Å². The highest BCUT2D eigenvalue weighted by Gasteiger charge is 2.28. The number of carbonyl (C=O) groups is 1. The van der Waals surface area contributed by atoms with Gasteiger partial charge in [0.1, 0.15) is 17.3 Å². The maximum atomic E-state index is 13.3. The van der Waals surface area contributed by atoms with E-state index in [9.17, 15) is 17.6 Å². The summed E-state index contributed by atoms with van der Waals surface area (Å²) in [4.78, 5) is 11.3. The molecule has 1 heterocycles. The first-order valence-corrected chi connectivity index (χ1v) is 7.23. The average molecular weight is 313 g/mol. The molecule has 0 amide bonds. The molecule has 1 N–H and O–H groups in total. The van der Waals surface area contributed by atoms with Gasteiger partial charge in [-0.3, -0.25) is 14.2 Å². The maximum absolute atomic E-state index is 13.3. The fourth-order valence-electron chi connectivity index (χ4n) is 1.64. The van der Waals surface area contributed by atoms with Gasteiger partial charge in [-0.05, 0) is 18.2 Å². The van der Waals surface area contributed by atoms with Gasteiger partial charge in [-0.1, -0.05) is 6.07 Å². The van der Waals surface area contributed by atoms with E-state index in [2.05, 4.69) is 14.9 Å². The van der Waals surface area contributed by atoms with Gasteiger partial charge in [0, 0.05) is 6.20 Å². The number of carbonyl (C=O) groups excluding carboxylic acids is 1. The Bertz CT molecular complexity index is 731. The van der Waals surface area contributed by atoms with Crippen molar-refractivity contribution in [3.8, 4) is 0 Å². The molecule has 0 saturated carbocycles. The number of sulfonamides is 1. The van der Waals surface area contributed by atoms with Gasteiger partial charge < -0.3 is 4.74 Å². The summed E-state index contributed by atoms with van der Waals surface area (Å²) in [6, 6.07) is 4.91. The number of hydrogen-bond donors (Lipinski definition) is 1. The predicted octanol–water partition coefficient (Wildman–Crippen LogP) is 0.917. The average Bonchev–Trinajstić information content (AvgIpc) is 2.99. The lowest BCUT2D eigenvalue weighted by Gasteiger charge is -2.22. The van der Waals surface area contributed by atoms with Gasteiger partial charge in [0.05, 0.1) is 19.0 Å². The summed E-state index contributed by atoms with van der Waals surface area (Å²) in [7, 11) is -2.93. The van der Waals surface area contributed by atoms with E-state index in [0.717, 1.165) is 23.7 Å². The zero-order valence-corrected chi connectivity index (χ0v) is 11.8. The van der Waals surface area contributed by atoms with E-state index in [1.165, 1.54) is 24.4 Å². The van der Waals surface area contributed by atoms with Gasteiger partial charge >= 0.3 is 5.97 Å². The molecule has 0 saturated heterocycles. The second-order valence-corrected chi connectivity index (χ2v) is 5.86. The van der Waals surface area contributed by atoms with Gasteiger partial charge in [0.15, 0.2) is 0 Å². The quantitative estimate of drug-likeness (QED) is 0.829. The van der Waals surface area contributed by atoms with Crippen molar-refractivity contribution < 1.29 is 22.3 Å². The Kier molecular flexibility index (Phi) is 4.22. The lowest BCUT2D eigenvalue weighted by molar-refractivity contribution is -0.138. The van der Waals surface area contributed by atoms with E-state index in [1.54, 1.807) is 0 Å². The number of benzene rings is 1. The van der Waals surface area contributed by atoms with E-state index < -0.39 is 28.4 Å². The molecule has 0 unspecified atom stereocenters. The minimum Gasteiger partial charge on any atom is -0.468 e. The van der Waals surface area contributed by atoms with Crippen LogP contribution >= 0.6 is 0 Å². The summed E-state index contributed by atoms with van der Waals surface area (Å²) in [6.07, 6.45) is 2.26. The summed E-state index contributed by atoms with van der Waals surface area (Å²) in [5, 5.41) is 5.94. The number of methoxy groups -OCH3 is 1. The first kappa shape index (κ1) is 15.0. The predicted molar refractivity (Wildman–Crippen MR) is 71.5 cm³/mol. The number of nitrogens with zero attached hydrogens (tertiary/aromatic N) is 2. The molecule has 2 aromatic rings. The molecule has 21 heavy (non-hydrogen) atoms. The first-order valence-electron chi connectivity index (χ1n) is 5.79. The van der Waals surface area contributed by atoms with Crippen LogP contribution in [0.3, 0.4) is 0 Å². The van der Waals surface area contributed by atoms with Crippen LogP contribution in [0, 0.1) is 5.82 Å². The minimum absolute atomic E-state index is 0.0154. The largest absolute Gasteiger partial charge is 0.468 e. The smallest absolute Gasteiger partial charge is 0.326 e. The van der Waals surface area contributed by atoms with Crippen LogP contribution in [0.15, 0.2) is 41.6 Å². The second kappa shape index (κ2) is 5.92. The van der Waals surface area contributed by atoms with Crippen molar-refractivity contribution in [2.45, 2.75) is 4.90 Å². The van der Waals surface area contributed by atoms with Gasteiger partial charge in [0.25, 0.3) is 10.0 Å². The van der Waals surface area contributed by atoms with Crippen LogP contribution < -0.4 is 4.31 Å². The zero-order valence-electron chi connectivity index (χ0n) is 11.0. The van der Waals surface area contributed by atoms with Crippen molar-refractivity contribution in [1.82, 2.24) is 10.2 Å². The molecule has 0 aliphatic carbocycles. The van der Waals surface area contributed by atoms with Crippen molar-refractivity contribution in [3.05, 3.63) is 42.5 Å². The third-order valence-corrected chi connectivity index (χ3v) is 4.40. The topological polar surface area (TPSA) is 92.4 Å². The maximum Gasteiger partial charge on any atom is 0.326 e. The summed E-state index contributed by atoms with van der Waals surface area (Å²) in [5.74, 6) is -1.39. The number of ether oxygens (including phenoxy) is 1. The number of nitrogens with one attached hydrogen (secondary N) is 1. The number of hydrogen-bond acceptors (Lipinski definition) is 5. The van der Waals surface area contributed by atoms with Crippen LogP contribution in [0.4, 0.5) is 10.1 Å². The molecule has 112 valence electrons. The number of H-pyrrole nitrogens is 1. The Morgan fingerprint density at radius 3 is 2.81 bits per heavy atom. The molecule has 2 rings (SSSR count). The highest BCUT2D eigenvalue weighted by Crippen LogP contribution is 2.23. The van der Waals surface area contributed by atoms with Gasteiger partial charge in [0.2, 0.25) is 0 Å². The Morgan fingerprint density at radius 2 is 2.24 bits per heavy atom. The fraction of sp³-hybridized carbons (Fsp3) is 0.167. The van der Waals surface area contributed by atoms with Crippen LogP contribution in [0.1, 0.15) is 0 Å². The molecule has 0 radical (unpaired) electrons. The van der Waals surface area contributed by atoms with Crippen molar-refractivity contribution in [3.63, 3.8) is 0 Å². The summed E-state index contributed by atoms with van der Waals surface area (Å²) in [6.45, 7) is -0.576. The Labute approximate surface area is 120 Å². The number of aromatic amines is 1. The molecule has 0 spiro atoms. The second-order valence-electron chi connectivity index (χ2n) is 4.00. The van der Waals surface area contributed by atoms with E-state index >= 15 is 0 Å². The van der Waals surface area contributed by atoms with Crippen LogP contribution in [0.25, 0.3) is 0 Å². The first-order chi connectivity index (χ1) is 9.95. The molecule has 7 nitrogen and oxygen atoms in total. The van der Waals surface area contributed by atoms with Gasteiger partial charge in [-0.25, -0.2) is 12.8 Å².